The number of fused-ring (bicyclic) bond motifs is 1. The lowest BCUT2D eigenvalue weighted by atomic mass is 9.68. The molecule has 1 aliphatic heterocycles. The highest BCUT2D eigenvalue weighted by Gasteiger charge is 2.41. The van der Waals surface area contributed by atoms with Gasteiger partial charge in [-0.15, -0.1) is 11.8 Å². The van der Waals surface area contributed by atoms with Crippen molar-refractivity contribution in [3.05, 3.63) is 53.6 Å². The van der Waals surface area contributed by atoms with E-state index in [0.717, 1.165) is 5.75 Å². The molecule has 2 aromatic rings. The molecule has 0 saturated carbocycles. The molecule has 0 spiro atoms. The van der Waals surface area contributed by atoms with E-state index >= 15 is 0 Å². The van der Waals surface area contributed by atoms with E-state index in [2.05, 4.69) is 55.9 Å². The Morgan fingerprint density at radius 1 is 0.857 bits per heavy atom. The van der Waals surface area contributed by atoms with E-state index in [-0.39, 0.29) is 5.41 Å². The van der Waals surface area contributed by atoms with E-state index in [1.165, 1.54) is 91.9 Å². The Kier molecular flexibility index (Phi) is 11.7. The topological polar surface area (TPSA) is 43.7 Å². The zero-order valence-corrected chi connectivity index (χ0v) is 23.6. The predicted molar refractivity (Wildman–Crippen MR) is 154 cm³/mol. The maximum absolute atomic E-state index is 10.0. The molecule has 3 rings (SSSR count). The Hall–Kier alpha value is -1.30. The molecule has 0 saturated heterocycles. The number of phenols is 2. The maximum atomic E-state index is 10.0. The number of unbranched alkanes of at least 4 members (excludes halogenated alkanes) is 6. The van der Waals surface area contributed by atoms with Crippen LogP contribution in [0.15, 0.2) is 47.4 Å². The molecule has 5 heteroatoms. The number of aromatic hydroxyl groups is 2. The molecule has 1 heterocycles. The van der Waals surface area contributed by atoms with Crippen molar-refractivity contribution in [3.8, 4) is 11.5 Å². The van der Waals surface area contributed by atoms with Gasteiger partial charge >= 0.3 is 0 Å². The third-order valence-corrected chi connectivity index (χ3v) is 9.93. The van der Waals surface area contributed by atoms with E-state index in [4.69, 9.17) is 0 Å². The van der Waals surface area contributed by atoms with Crippen molar-refractivity contribution in [1.82, 2.24) is 4.90 Å². The smallest absolute Gasteiger partial charge is 0.116 e. The summed E-state index contributed by atoms with van der Waals surface area (Å²) in [5.41, 5.74) is 2.69. The minimum Gasteiger partial charge on any atom is -0.508 e. The number of nitrogens with zero attached hydrogens (tertiary/aromatic N) is 1. The highest BCUT2D eigenvalue weighted by Crippen LogP contribution is 2.52. The molecule has 2 aromatic carbocycles. The van der Waals surface area contributed by atoms with Crippen LogP contribution in [0.1, 0.15) is 81.8 Å². The molecule has 0 bridgehead atoms. The van der Waals surface area contributed by atoms with Gasteiger partial charge < -0.3 is 15.1 Å². The van der Waals surface area contributed by atoms with Crippen LogP contribution in [0.25, 0.3) is 0 Å². The van der Waals surface area contributed by atoms with Crippen molar-refractivity contribution < 1.29 is 10.2 Å². The average Bonchev–Trinajstić information content (AvgIpc) is 2.83. The fraction of sp³-hybridized carbons (Fsp3) is 0.600. The molecular formula is C30H45NO2S2. The Labute approximate surface area is 222 Å². The van der Waals surface area contributed by atoms with Crippen molar-refractivity contribution in [3.63, 3.8) is 0 Å². The molecule has 2 unspecified atom stereocenters. The number of phenolic OH excluding ortho intramolecular Hbond substituents is 2. The third kappa shape index (κ3) is 8.65. The lowest BCUT2D eigenvalue weighted by molar-refractivity contribution is 0.370. The summed E-state index contributed by atoms with van der Waals surface area (Å²) in [5, 5.41) is 19.8. The first-order valence-electron chi connectivity index (χ1n) is 13.4. The molecule has 3 nitrogen and oxygen atoms in total. The van der Waals surface area contributed by atoms with Crippen molar-refractivity contribution in [2.24, 2.45) is 0 Å². The van der Waals surface area contributed by atoms with Crippen LogP contribution in [-0.2, 0) is 5.41 Å². The van der Waals surface area contributed by atoms with Crippen LogP contribution in [0.2, 0.25) is 0 Å². The molecule has 194 valence electrons. The number of benzene rings is 2. The van der Waals surface area contributed by atoms with Crippen LogP contribution in [0.5, 0.6) is 11.5 Å². The quantitative estimate of drug-likeness (QED) is 0.235. The average molecular weight is 516 g/mol. The number of hydrogen-bond donors (Lipinski definition) is 2. The van der Waals surface area contributed by atoms with Gasteiger partial charge in [-0.3, -0.25) is 0 Å². The molecule has 0 aliphatic carbocycles. The summed E-state index contributed by atoms with van der Waals surface area (Å²) < 4.78 is 0. The Balaban J connectivity index is 1.43. The van der Waals surface area contributed by atoms with Crippen molar-refractivity contribution in [2.45, 2.75) is 80.9 Å². The molecule has 2 N–H and O–H groups in total. The van der Waals surface area contributed by atoms with Crippen LogP contribution >= 0.6 is 23.5 Å². The van der Waals surface area contributed by atoms with E-state index in [1.54, 1.807) is 0 Å². The highest BCUT2D eigenvalue weighted by atomic mass is 32.2. The summed E-state index contributed by atoms with van der Waals surface area (Å²) in [4.78, 5) is 3.50. The van der Waals surface area contributed by atoms with Gasteiger partial charge in [-0.2, -0.15) is 11.8 Å². The predicted octanol–water partition coefficient (Wildman–Crippen LogP) is 8.05. The number of rotatable bonds is 15. The molecule has 35 heavy (non-hydrogen) atoms. The summed E-state index contributed by atoms with van der Waals surface area (Å²) in [5.74, 6) is 4.71. The third-order valence-electron chi connectivity index (χ3n) is 7.37. The summed E-state index contributed by atoms with van der Waals surface area (Å²) >= 11 is 3.97. The minimum absolute atomic E-state index is 0.0204. The van der Waals surface area contributed by atoms with Crippen LogP contribution in [0.4, 0.5) is 0 Å². The fourth-order valence-corrected chi connectivity index (χ4v) is 7.58. The van der Waals surface area contributed by atoms with Gasteiger partial charge in [0, 0.05) is 16.1 Å². The van der Waals surface area contributed by atoms with Crippen molar-refractivity contribution in [2.75, 3.05) is 37.9 Å². The second-order valence-electron chi connectivity index (χ2n) is 10.6. The summed E-state index contributed by atoms with van der Waals surface area (Å²) in [7, 11) is 4.30. The zero-order chi connectivity index (χ0) is 25.1. The van der Waals surface area contributed by atoms with Gasteiger partial charge in [-0.1, -0.05) is 63.6 Å². The van der Waals surface area contributed by atoms with Gasteiger partial charge in [-0.05, 0) is 92.7 Å². The Morgan fingerprint density at radius 2 is 1.49 bits per heavy atom. The fourth-order valence-electron chi connectivity index (χ4n) is 5.23. The molecule has 0 aromatic heterocycles. The summed E-state index contributed by atoms with van der Waals surface area (Å²) in [6.07, 6.45) is 11.8. The molecule has 0 radical (unpaired) electrons. The largest absolute Gasteiger partial charge is 0.508 e. The van der Waals surface area contributed by atoms with Gasteiger partial charge in [0.1, 0.15) is 11.5 Å². The van der Waals surface area contributed by atoms with E-state index in [9.17, 15) is 10.2 Å². The van der Waals surface area contributed by atoms with E-state index < -0.39 is 0 Å². The first-order valence-corrected chi connectivity index (χ1v) is 15.5. The van der Waals surface area contributed by atoms with Gasteiger partial charge in [0.2, 0.25) is 0 Å². The zero-order valence-electron chi connectivity index (χ0n) is 22.0. The summed E-state index contributed by atoms with van der Waals surface area (Å²) in [6.45, 7) is 3.58. The Bertz CT molecular complexity index is 886. The summed E-state index contributed by atoms with van der Waals surface area (Å²) in [6, 6.07) is 13.7. The first kappa shape index (κ1) is 28.3. The lowest BCUT2D eigenvalue weighted by Crippen LogP contribution is -2.36. The minimum atomic E-state index is 0.0204. The van der Waals surface area contributed by atoms with Crippen molar-refractivity contribution in [1.29, 1.82) is 0 Å². The monoisotopic (exact) mass is 515 g/mol. The Morgan fingerprint density at radius 3 is 2.20 bits per heavy atom. The highest BCUT2D eigenvalue weighted by molar-refractivity contribution is 7.99. The second kappa shape index (κ2) is 14.4. The number of thioether (sulfide) groups is 2. The normalized spacial score (nSPS) is 19.7. The lowest BCUT2D eigenvalue weighted by Gasteiger charge is -2.43. The SMILES string of the molecule is CN(C)CCCSCCCCCCCCCC1c2ccc(O)cc2SCC1(C)c1ccc(O)cc1. The van der Waals surface area contributed by atoms with Gasteiger partial charge in [0.05, 0.1) is 0 Å². The van der Waals surface area contributed by atoms with Crippen LogP contribution in [-0.4, -0.2) is 53.0 Å². The molecule has 1 aliphatic rings. The molecule has 2 atom stereocenters. The first-order chi connectivity index (χ1) is 16.9. The van der Waals surface area contributed by atoms with Gasteiger partial charge in [-0.25, -0.2) is 0 Å². The van der Waals surface area contributed by atoms with Crippen LogP contribution in [0.3, 0.4) is 0 Å². The standard InChI is InChI=1S/C30H45NO2S2/c1-30(24-13-15-25(32)16-14-24)23-35-29-22-26(33)17-18-27(29)28(30)12-9-7-5-4-6-8-10-20-34-21-11-19-31(2)3/h13-18,22,28,32-33H,4-12,19-21,23H2,1-3H3. The number of hydrogen-bond acceptors (Lipinski definition) is 5. The maximum Gasteiger partial charge on any atom is 0.116 e. The molecule has 0 fully saturated rings. The van der Waals surface area contributed by atoms with Gasteiger partial charge in [0.25, 0.3) is 0 Å². The van der Waals surface area contributed by atoms with E-state index in [0.29, 0.717) is 17.4 Å². The molecular weight excluding hydrogens is 470 g/mol. The van der Waals surface area contributed by atoms with E-state index in [1.807, 2.05) is 36.0 Å². The van der Waals surface area contributed by atoms with Crippen LogP contribution in [0, 0.1) is 0 Å². The van der Waals surface area contributed by atoms with Crippen LogP contribution < -0.4 is 0 Å². The van der Waals surface area contributed by atoms with Crippen molar-refractivity contribution >= 4 is 23.5 Å². The van der Waals surface area contributed by atoms with Gasteiger partial charge in [0.15, 0.2) is 0 Å². The second-order valence-corrected chi connectivity index (χ2v) is 12.8. The molecule has 0 amide bonds.